The molecule has 0 aromatic rings. The van der Waals surface area contributed by atoms with Crippen molar-refractivity contribution in [2.24, 2.45) is 0 Å². The highest BCUT2D eigenvalue weighted by Crippen LogP contribution is 2.13. The van der Waals surface area contributed by atoms with Gasteiger partial charge in [0.2, 0.25) is 0 Å². The van der Waals surface area contributed by atoms with Crippen LogP contribution in [0, 0.1) is 6.92 Å². The Morgan fingerprint density at radius 1 is 0.550 bits per heavy atom. The highest BCUT2D eigenvalue weighted by atomic mass is 16.5. The topological polar surface area (TPSA) is 9.23 Å². The monoisotopic (exact) mass is 283 g/mol. The molecule has 0 aliphatic heterocycles. The first-order chi connectivity index (χ1) is 9.91. The maximum absolute atomic E-state index is 5.24. The molecule has 1 heteroatoms. The van der Waals surface area contributed by atoms with E-state index < -0.39 is 0 Å². The molecular weight excluding hydrogens is 244 g/mol. The van der Waals surface area contributed by atoms with Gasteiger partial charge < -0.3 is 4.74 Å². The third-order valence-corrected chi connectivity index (χ3v) is 4.04. The van der Waals surface area contributed by atoms with Crippen LogP contribution in [0.25, 0.3) is 0 Å². The van der Waals surface area contributed by atoms with Crippen molar-refractivity contribution in [3.63, 3.8) is 0 Å². The summed E-state index contributed by atoms with van der Waals surface area (Å²) in [5.74, 6) is 0. The Hall–Kier alpha value is -0.0400. The van der Waals surface area contributed by atoms with Crippen LogP contribution < -0.4 is 0 Å². The van der Waals surface area contributed by atoms with E-state index in [1.165, 1.54) is 96.3 Å². The van der Waals surface area contributed by atoms with Crippen LogP contribution in [0.1, 0.15) is 103 Å². The lowest BCUT2D eigenvalue weighted by Crippen LogP contribution is -1.93. The third kappa shape index (κ3) is 18.0. The van der Waals surface area contributed by atoms with Crippen molar-refractivity contribution in [1.82, 2.24) is 0 Å². The van der Waals surface area contributed by atoms with E-state index in [0.717, 1.165) is 6.61 Å². The summed E-state index contributed by atoms with van der Waals surface area (Å²) in [5.41, 5.74) is 0. The molecule has 0 saturated heterocycles. The molecule has 0 aromatic heterocycles. The van der Waals surface area contributed by atoms with Crippen LogP contribution in [0.15, 0.2) is 0 Å². The number of hydrogen-bond donors (Lipinski definition) is 0. The summed E-state index contributed by atoms with van der Waals surface area (Å²) in [5, 5.41) is 0. The van der Waals surface area contributed by atoms with E-state index >= 15 is 0 Å². The predicted molar refractivity (Wildman–Crippen MR) is 91.1 cm³/mol. The van der Waals surface area contributed by atoms with Crippen molar-refractivity contribution in [3.05, 3.63) is 6.92 Å². The number of hydrogen-bond acceptors (Lipinski definition) is 1. The maximum atomic E-state index is 5.24. The average Bonchev–Trinajstić information content (AvgIpc) is 2.47. The molecule has 0 amide bonds. The van der Waals surface area contributed by atoms with Crippen molar-refractivity contribution in [1.29, 1.82) is 0 Å². The van der Waals surface area contributed by atoms with E-state index in [0.29, 0.717) is 6.61 Å². The van der Waals surface area contributed by atoms with Gasteiger partial charge in [0.15, 0.2) is 0 Å². The van der Waals surface area contributed by atoms with Crippen molar-refractivity contribution in [2.45, 2.75) is 103 Å². The molecule has 20 heavy (non-hydrogen) atoms. The van der Waals surface area contributed by atoms with Gasteiger partial charge in [0.05, 0.1) is 0 Å². The van der Waals surface area contributed by atoms with Crippen molar-refractivity contribution >= 4 is 0 Å². The summed E-state index contributed by atoms with van der Waals surface area (Å²) in [6, 6.07) is 0. The fourth-order valence-corrected chi connectivity index (χ4v) is 2.68. The second kappa shape index (κ2) is 19.0. The van der Waals surface area contributed by atoms with E-state index in [4.69, 9.17) is 4.74 Å². The zero-order chi connectivity index (χ0) is 14.7. The van der Waals surface area contributed by atoms with E-state index in [1.54, 1.807) is 0 Å². The minimum atomic E-state index is 0.624. The summed E-state index contributed by atoms with van der Waals surface area (Å²) < 4.78 is 5.24. The van der Waals surface area contributed by atoms with Gasteiger partial charge in [-0.1, -0.05) is 96.8 Å². The average molecular weight is 284 g/mol. The minimum Gasteiger partial charge on any atom is -0.381 e. The van der Waals surface area contributed by atoms with E-state index in [1.807, 2.05) is 0 Å². The third-order valence-electron chi connectivity index (χ3n) is 4.04. The predicted octanol–water partition coefficient (Wildman–Crippen LogP) is 6.71. The lowest BCUT2D eigenvalue weighted by atomic mass is 10.0. The van der Waals surface area contributed by atoms with Gasteiger partial charge in [-0.25, -0.2) is 0 Å². The molecule has 0 heterocycles. The van der Waals surface area contributed by atoms with E-state index in [-0.39, 0.29) is 0 Å². The molecule has 0 aliphatic carbocycles. The SMILES string of the molecule is [CH2]COCCCCCCCCCCCCCCCCC. The molecule has 0 aliphatic rings. The van der Waals surface area contributed by atoms with Gasteiger partial charge in [-0.05, 0) is 13.3 Å². The van der Waals surface area contributed by atoms with Crippen LogP contribution in [0.5, 0.6) is 0 Å². The van der Waals surface area contributed by atoms with Crippen LogP contribution in [0.4, 0.5) is 0 Å². The fraction of sp³-hybridized carbons (Fsp3) is 0.947. The quantitative estimate of drug-likeness (QED) is 0.270. The molecule has 1 nitrogen and oxygen atoms in total. The molecule has 0 aromatic carbocycles. The van der Waals surface area contributed by atoms with E-state index in [9.17, 15) is 0 Å². The van der Waals surface area contributed by atoms with Crippen LogP contribution in [0.3, 0.4) is 0 Å². The smallest absolute Gasteiger partial charge is 0.0466 e. The van der Waals surface area contributed by atoms with Gasteiger partial charge in [-0.2, -0.15) is 0 Å². The number of ether oxygens (including phenoxy) is 1. The Labute approximate surface area is 128 Å². The van der Waals surface area contributed by atoms with Crippen molar-refractivity contribution in [3.8, 4) is 0 Å². The molecule has 0 bridgehead atoms. The van der Waals surface area contributed by atoms with Gasteiger partial charge in [0.25, 0.3) is 0 Å². The van der Waals surface area contributed by atoms with Crippen molar-refractivity contribution in [2.75, 3.05) is 13.2 Å². The molecule has 0 spiro atoms. The lowest BCUT2D eigenvalue weighted by molar-refractivity contribution is 0.156. The number of rotatable bonds is 17. The maximum Gasteiger partial charge on any atom is 0.0466 e. The summed E-state index contributed by atoms with van der Waals surface area (Å²) in [7, 11) is 0. The molecule has 121 valence electrons. The zero-order valence-corrected chi connectivity index (χ0v) is 14.1. The lowest BCUT2D eigenvalue weighted by Gasteiger charge is -2.03. The molecule has 0 atom stereocenters. The molecule has 1 radical (unpaired) electrons. The summed E-state index contributed by atoms with van der Waals surface area (Å²) in [6.45, 7) is 7.49. The van der Waals surface area contributed by atoms with Gasteiger partial charge >= 0.3 is 0 Å². The normalized spacial score (nSPS) is 11.1. The first-order valence-electron chi connectivity index (χ1n) is 9.28. The van der Waals surface area contributed by atoms with Crippen LogP contribution in [0.2, 0.25) is 0 Å². The summed E-state index contributed by atoms with van der Waals surface area (Å²) >= 11 is 0. The standard InChI is InChI=1S/C19H39O/c1-3-5-6-7-8-9-10-11-12-13-14-15-16-17-18-19-20-4-2/h2-19H2,1H3. The summed E-state index contributed by atoms with van der Waals surface area (Å²) in [6.07, 6.45) is 21.3. The first kappa shape index (κ1) is 20.0. The van der Waals surface area contributed by atoms with Crippen molar-refractivity contribution < 1.29 is 4.74 Å². The fourth-order valence-electron chi connectivity index (χ4n) is 2.68. The Morgan fingerprint density at radius 2 is 0.900 bits per heavy atom. The van der Waals surface area contributed by atoms with Crippen LogP contribution in [-0.2, 0) is 4.74 Å². The molecule has 0 saturated carbocycles. The molecular formula is C19H39O. The van der Waals surface area contributed by atoms with Gasteiger partial charge in [-0.15, -0.1) is 0 Å². The first-order valence-corrected chi connectivity index (χ1v) is 9.28. The number of unbranched alkanes of at least 4 members (excludes halogenated alkanes) is 14. The minimum absolute atomic E-state index is 0.624. The highest BCUT2D eigenvalue weighted by Gasteiger charge is 1.94. The summed E-state index contributed by atoms with van der Waals surface area (Å²) in [4.78, 5) is 0. The second-order valence-electron chi connectivity index (χ2n) is 6.06. The van der Waals surface area contributed by atoms with Gasteiger partial charge in [0.1, 0.15) is 0 Å². The Balaban J connectivity index is 2.89. The largest absolute Gasteiger partial charge is 0.381 e. The zero-order valence-electron chi connectivity index (χ0n) is 14.1. The second-order valence-corrected chi connectivity index (χ2v) is 6.06. The van der Waals surface area contributed by atoms with Gasteiger partial charge in [-0.3, -0.25) is 0 Å². The molecule has 0 fully saturated rings. The Kier molecular flexibility index (Phi) is 18.9. The Bertz CT molecular complexity index is 138. The van der Waals surface area contributed by atoms with E-state index in [2.05, 4.69) is 13.8 Å². The van der Waals surface area contributed by atoms with Crippen LogP contribution >= 0.6 is 0 Å². The molecule has 0 N–H and O–H groups in total. The highest BCUT2D eigenvalue weighted by molar-refractivity contribution is 4.49. The van der Waals surface area contributed by atoms with Gasteiger partial charge in [0, 0.05) is 13.2 Å². The Morgan fingerprint density at radius 3 is 1.25 bits per heavy atom. The molecule has 0 unspecified atom stereocenters. The molecule has 0 rings (SSSR count). The van der Waals surface area contributed by atoms with Crippen LogP contribution in [-0.4, -0.2) is 13.2 Å².